The van der Waals surface area contributed by atoms with Crippen molar-refractivity contribution >= 4 is 0 Å². The van der Waals surface area contributed by atoms with Crippen LogP contribution < -0.4 is 9.47 Å². The Balaban J connectivity index is 1.93. The second-order valence-corrected chi connectivity index (χ2v) is 5.43. The summed E-state index contributed by atoms with van der Waals surface area (Å²) in [4.78, 5) is 0. The van der Waals surface area contributed by atoms with Crippen molar-refractivity contribution in [1.82, 2.24) is 4.57 Å². The zero-order valence-corrected chi connectivity index (χ0v) is 13.8. The molecule has 0 aliphatic rings. The molecule has 0 aliphatic carbocycles. The predicted octanol–water partition coefficient (Wildman–Crippen LogP) is 3.97. The van der Waals surface area contributed by atoms with Crippen LogP contribution in [0.3, 0.4) is 0 Å². The number of hydrogen-bond donors (Lipinski definition) is 1. The third-order valence-corrected chi connectivity index (χ3v) is 3.89. The van der Waals surface area contributed by atoms with E-state index >= 15 is 0 Å². The molecule has 24 heavy (non-hydrogen) atoms. The van der Waals surface area contributed by atoms with E-state index in [0.717, 1.165) is 16.8 Å². The fraction of sp³-hybridized carbons (Fsp3) is 0.200. The first-order valence-electron chi connectivity index (χ1n) is 7.95. The first kappa shape index (κ1) is 16.1. The van der Waals surface area contributed by atoms with Crippen LogP contribution in [0.25, 0.3) is 5.69 Å². The van der Waals surface area contributed by atoms with Crippen LogP contribution in [-0.4, -0.2) is 23.4 Å². The van der Waals surface area contributed by atoms with Gasteiger partial charge in [-0.05, 0) is 54.4 Å². The van der Waals surface area contributed by atoms with Crippen LogP contribution in [-0.2, 0) is 0 Å². The number of methoxy groups -OCH3 is 1. The molecule has 0 amide bonds. The summed E-state index contributed by atoms with van der Waals surface area (Å²) in [5.41, 5.74) is 2.60. The molecule has 4 heteroatoms. The molecule has 4 nitrogen and oxygen atoms in total. The van der Waals surface area contributed by atoms with Crippen LogP contribution in [0.4, 0.5) is 0 Å². The minimum Gasteiger partial charge on any atom is -0.493 e. The molecule has 0 aliphatic heterocycles. The van der Waals surface area contributed by atoms with Crippen molar-refractivity contribution in [3.05, 3.63) is 78.1 Å². The van der Waals surface area contributed by atoms with Crippen molar-refractivity contribution in [2.75, 3.05) is 13.7 Å². The van der Waals surface area contributed by atoms with Gasteiger partial charge in [-0.25, -0.2) is 0 Å². The van der Waals surface area contributed by atoms with Crippen molar-refractivity contribution in [2.45, 2.75) is 13.0 Å². The van der Waals surface area contributed by atoms with E-state index in [1.807, 2.05) is 78.5 Å². The molecular weight excluding hydrogens is 302 g/mol. The number of hydrogen-bond acceptors (Lipinski definition) is 3. The van der Waals surface area contributed by atoms with Gasteiger partial charge in [-0.15, -0.1) is 0 Å². The molecule has 0 bridgehead atoms. The van der Waals surface area contributed by atoms with Crippen molar-refractivity contribution in [3.8, 4) is 17.2 Å². The molecule has 0 unspecified atom stereocenters. The number of aliphatic hydroxyl groups excluding tert-OH is 1. The summed E-state index contributed by atoms with van der Waals surface area (Å²) in [6.07, 6.45) is 3.23. The highest BCUT2D eigenvalue weighted by Gasteiger charge is 2.14. The van der Waals surface area contributed by atoms with Gasteiger partial charge in [-0.1, -0.05) is 18.2 Å². The monoisotopic (exact) mass is 323 g/mol. The summed E-state index contributed by atoms with van der Waals surface area (Å²) in [7, 11) is 1.61. The van der Waals surface area contributed by atoms with Gasteiger partial charge in [0.2, 0.25) is 0 Å². The SMILES string of the molecule is CCOc1cc([C@@H](O)c2cccc(-n3cccc3)c2)ccc1OC. The standard InChI is InChI=1S/C20H21NO3/c1-3-24-19-14-16(9-10-18(19)23-2)20(22)15-7-6-8-17(13-15)21-11-4-5-12-21/h4-14,20,22H,3H2,1-2H3/t20-/m0/s1. The first-order valence-corrected chi connectivity index (χ1v) is 7.95. The number of nitrogens with zero attached hydrogens (tertiary/aromatic N) is 1. The van der Waals surface area contributed by atoms with Gasteiger partial charge in [0.15, 0.2) is 11.5 Å². The highest BCUT2D eigenvalue weighted by Crippen LogP contribution is 2.32. The summed E-state index contributed by atoms with van der Waals surface area (Å²) in [5.74, 6) is 1.30. The van der Waals surface area contributed by atoms with Crippen molar-refractivity contribution in [3.63, 3.8) is 0 Å². The summed E-state index contributed by atoms with van der Waals surface area (Å²) in [6.45, 7) is 2.46. The molecule has 1 heterocycles. The normalized spacial score (nSPS) is 12.0. The number of aromatic nitrogens is 1. The van der Waals surface area contributed by atoms with Crippen molar-refractivity contribution < 1.29 is 14.6 Å². The van der Waals surface area contributed by atoms with Crippen LogP contribution in [0.2, 0.25) is 0 Å². The molecule has 1 atom stereocenters. The average Bonchev–Trinajstić information content (AvgIpc) is 3.16. The van der Waals surface area contributed by atoms with E-state index in [1.54, 1.807) is 7.11 Å². The van der Waals surface area contributed by atoms with Crippen LogP contribution in [0.15, 0.2) is 67.0 Å². The van der Waals surface area contributed by atoms with E-state index in [2.05, 4.69) is 0 Å². The molecule has 0 saturated heterocycles. The average molecular weight is 323 g/mol. The molecule has 3 rings (SSSR count). The van der Waals surface area contributed by atoms with Crippen LogP contribution in [0.5, 0.6) is 11.5 Å². The lowest BCUT2D eigenvalue weighted by atomic mass is 10.0. The second-order valence-electron chi connectivity index (χ2n) is 5.43. The lowest BCUT2D eigenvalue weighted by Crippen LogP contribution is -2.03. The third-order valence-electron chi connectivity index (χ3n) is 3.89. The van der Waals surface area contributed by atoms with Gasteiger partial charge in [0.25, 0.3) is 0 Å². The molecule has 124 valence electrons. The van der Waals surface area contributed by atoms with Crippen LogP contribution >= 0.6 is 0 Å². The molecule has 0 radical (unpaired) electrons. The van der Waals surface area contributed by atoms with Gasteiger partial charge in [-0.3, -0.25) is 0 Å². The molecule has 3 aromatic rings. The van der Waals surface area contributed by atoms with Gasteiger partial charge in [0, 0.05) is 18.1 Å². The van der Waals surface area contributed by atoms with E-state index in [0.29, 0.717) is 18.1 Å². The Bertz CT molecular complexity index is 796. The first-order chi connectivity index (χ1) is 11.7. The van der Waals surface area contributed by atoms with E-state index in [4.69, 9.17) is 9.47 Å². The van der Waals surface area contributed by atoms with Gasteiger partial charge in [0.05, 0.1) is 13.7 Å². The maximum Gasteiger partial charge on any atom is 0.161 e. The molecule has 1 aromatic heterocycles. The Morgan fingerprint density at radius 2 is 1.71 bits per heavy atom. The summed E-state index contributed by atoms with van der Waals surface area (Å²) >= 11 is 0. The fourth-order valence-electron chi connectivity index (χ4n) is 2.69. The molecule has 2 aromatic carbocycles. The Morgan fingerprint density at radius 1 is 0.958 bits per heavy atom. The second kappa shape index (κ2) is 7.23. The number of aliphatic hydroxyl groups is 1. The Hall–Kier alpha value is -2.72. The van der Waals surface area contributed by atoms with E-state index in [1.165, 1.54) is 0 Å². The largest absolute Gasteiger partial charge is 0.493 e. The number of ether oxygens (including phenoxy) is 2. The van der Waals surface area contributed by atoms with E-state index in [-0.39, 0.29) is 0 Å². The minimum absolute atomic E-state index is 0.541. The van der Waals surface area contributed by atoms with Gasteiger partial charge < -0.3 is 19.1 Å². The summed E-state index contributed by atoms with van der Waals surface area (Å²) in [5, 5.41) is 10.8. The van der Waals surface area contributed by atoms with Crippen LogP contribution in [0, 0.1) is 0 Å². The number of benzene rings is 2. The van der Waals surface area contributed by atoms with E-state index < -0.39 is 6.10 Å². The molecule has 0 fully saturated rings. The maximum absolute atomic E-state index is 10.8. The Kier molecular flexibility index (Phi) is 4.87. The summed E-state index contributed by atoms with van der Waals surface area (Å²) < 4.78 is 12.9. The van der Waals surface area contributed by atoms with E-state index in [9.17, 15) is 5.11 Å². The maximum atomic E-state index is 10.8. The lowest BCUT2D eigenvalue weighted by Gasteiger charge is -2.16. The minimum atomic E-state index is -0.731. The Morgan fingerprint density at radius 3 is 2.42 bits per heavy atom. The number of rotatable bonds is 6. The van der Waals surface area contributed by atoms with Crippen molar-refractivity contribution in [2.24, 2.45) is 0 Å². The van der Waals surface area contributed by atoms with Crippen LogP contribution in [0.1, 0.15) is 24.2 Å². The molecule has 0 saturated carbocycles. The smallest absolute Gasteiger partial charge is 0.161 e. The summed E-state index contributed by atoms with van der Waals surface area (Å²) in [6, 6.07) is 17.3. The zero-order valence-electron chi connectivity index (χ0n) is 13.8. The quantitative estimate of drug-likeness (QED) is 0.746. The van der Waals surface area contributed by atoms with Gasteiger partial charge in [-0.2, -0.15) is 0 Å². The molecule has 0 spiro atoms. The highest BCUT2D eigenvalue weighted by molar-refractivity contribution is 5.46. The van der Waals surface area contributed by atoms with Crippen molar-refractivity contribution in [1.29, 1.82) is 0 Å². The topological polar surface area (TPSA) is 43.6 Å². The highest BCUT2D eigenvalue weighted by atomic mass is 16.5. The molecule has 1 N–H and O–H groups in total. The van der Waals surface area contributed by atoms with Gasteiger partial charge >= 0.3 is 0 Å². The predicted molar refractivity (Wildman–Crippen MR) is 94.0 cm³/mol. The Labute approximate surface area is 141 Å². The fourth-order valence-corrected chi connectivity index (χ4v) is 2.69. The molecular formula is C20H21NO3. The third kappa shape index (κ3) is 3.29. The zero-order chi connectivity index (χ0) is 16.9. The lowest BCUT2D eigenvalue weighted by molar-refractivity contribution is 0.219. The van der Waals surface area contributed by atoms with Gasteiger partial charge in [0.1, 0.15) is 6.10 Å².